The number of halogens is 3. The topological polar surface area (TPSA) is 44.4 Å². The summed E-state index contributed by atoms with van der Waals surface area (Å²) in [7, 11) is 0. The van der Waals surface area contributed by atoms with Crippen molar-refractivity contribution in [2.24, 2.45) is 0 Å². The molecule has 2 N–H and O–H groups in total. The van der Waals surface area contributed by atoms with Crippen LogP contribution in [0.15, 0.2) is 42.5 Å². The van der Waals surface area contributed by atoms with Gasteiger partial charge < -0.3 is 10.6 Å². The van der Waals surface area contributed by atoms with E-state index < -0.39 is 17.6 Å². The third-order valence-electron chi connectivity index (χ3n) is 4.59. The van der Waals surface area contributed by atoms with Crippen LogP contribution in [0.4, 0.5) is 18.9 Å². The first kappa shape index (κ1) is 19.4. The molecule has 1 amide bonds. The van der Waals surface area contributed by atoms with E-state index in [4.69, 9.17) is 0 Å². The Morgan fingerprint density at radius 2 is 1.78 bits per heavy atom. The zero-order valence-electron chi connectivity index (χ0n) is 15.1. The summed E-state index contributed by atoms with van der Waals surface area (Å²) >= 11 is 0. The molecule has 2 aromatic rings. The normalized spacial score (nSPS) is 15.6. The molecule has 1 aliphatic rings. The van der Waals surface area contributed by atoms with Crippen LogP contribution in [0.1, 0.15) is 27.0 Å². The van der Waals surface area contributed by atoms with Gasteiger partial charge in [-0.25, -0.2) is 0 Å². The van der Waals surface area contributed by atoms with Crippen LogP contribution in [0.5, 0.6) is 0 Å². The highest BCUT2D eigenvalue weighted by atomic mass is 19.4. The number of carbonyl (C=O) groups excluding carboxylic acids is 1. The fourth-order valence-corrected chi connectivity index (χ4v) is 3.07. The minimum atomic E-state index is -4.48. The number of hydrogen-bond acceptors (Lipinski definition) is 3. The van der Waals surface area contributed by atoms with E-state index in [-0.39, 0.29) is 17.8 Å². The number of carbonyl (C=O) groups is 1. The summed E-state index contributed by atoms with van der Waals surface area (Å²) in [5.74, 6) is -0.432. The lowest BCUT2D eigenvalue weighted by molar-refractivity contribution is -0.138. The highest BCUT2D eigenvalue weighted by Gasteiger charge is 2.34. The van der Waals surface area contributed by atoms with E-state index in [0.29, 0.717) is 18.7 Å². The SMILES string of the molecule is Cc1ccc(C(=O)Nc2ccc(CN3CCNCC3)c(C(F)(F)F)c2)cc1. The molecule has 3 rings (SSSR count). The second kappa shape index (κ2) is 8.10. The molecule has 7 heteroatoms. The highest BCUT2D eigenvalue weighted by Crippen LogP contribution is 2.34. The molecule has 4 nitrogen and oxygen atoms in total. The number of aryl methyl sites for hydroxylation is 1. The van der Waals surface area contributed by atoms with Gasteiger partial charge in [0.15, 0.2) is 0 Å². The molecule has 0 atom stereocenters. The molecule has 1 heterocycles. The van der Waals surface area contributed by atoms with Crippen LogP contribution in [0, 0.1) is 6.92 Å². The molecular weight excluding hydrogens is 355 g/mol. The van der Waals surface area contributed by atoms with Crippen molar-refractivity contribution in [3.8, 4) is 0 Å². The Morgan fingerprint density at radius 3 is 2.41 bits per heavy atom. The first-order chi connectivity index (χ1) is 12.8. The van der Waals surface area contributed by atoms with Crippen LogP contribution < -0.4 is 10.6 Å². The number of piperazine rings is 1. The van der Waals surface area contributed by atoms with Crippen molar-refractivity contribution < 1.29 is 18.0 Å². The largest absolute Gasteiger partial charge is 0.416 e. The van der Waals surface area contributed by atoms with Gasteiger partial charge in [-0.3, -0.25) is 9.69 Å². The predicted octanol–water partition coefficient (Wildman–Crippen LogP) is 3.67. The third kappa shape index (κ3) is 5.08. The van der Waals surface area contributed by atoms with Gasteiger partial charge in [0.05, 0.1) is 5.56 Å². The molecule has 1 aliphatic heterocycles. The minimum Gasteiger partial charge on any atom is -0.322 e. The van der Waals surface area contributed by atoms with E-state index in [9.17, 15) is 18.0 Å². The van der Waals surface area contributed by atoms with Crippen LogP contribution in [0.25, 0.3) is 0 Å². The summed E-state index contributed by atoms with van der Waals surface area (Å²) in [6.45, 7) is 5.10. The molecule has 1 fully saturated rings. The van der Waals surface area contributed by atoms with Crippen LogP contribution in [0.3, 0.4) is 0 Å². The molecule has 0 unspecified atom stereocenters. The van der Waals surface area contributed by atoms with Crippen LogP contribution >= 0.6 is 0 Å². The van der Waals surface area contributed by atoms with Crippen molar-refractivity contribution in [1.82, 2.24) is 10.2 Å². The van der Waals surface area contributed by atoms with E-state index in [1.54, 1.807) is 24.3 Å². The maximum Gasteiger partial charge on any atom is 0.416 e. The Kier molecular flexibility index (Phi) is 5.82. The average Bonchev–Trinajstić information content (AvgIpc) is 2.63. The van der Waals surface area contributed by atoms with Gasteiger partial charge >= 0.3 is 6.18 Å². The lowest BCUT2D eigenvalue weighted by Gasteiger charge is -2.28. The van der Waals surface area contributed by atoms with Gasteiger partial charge in [0.25, 0.3) is 5.91 Å². The minimum absolute atomic E-state index is 0.136. The number of nitrogens with one attached hydrogen (secondary N) is 2. The van der Waals surface area contributed by atoms with Gasteiger partial charge in [0, 0.05) is 44.0 Å². The average molecular weight is 377 g/mol. The van der Waals surface area contributed by atoms with Gasteiger partial charge in [0.2, 0.25) is 0 Å². The van der Waals surface area contributed by atoms with E-state index >= 15 is 0 Å². The molecule has 0 bridgehead atoms. The maximum absolute atomic E-state index is 13.5. The summed E-state index contributed by atoms with van der Waals surface area (Å²) in [6, 6.07) is 10.9. The second-order valence-corrected chi connectivity index (χ2v) is 6.72. The summed E-state index contributed by atoms with van der Waals surface area (Å²) in [5.41, 5.74) is 1.06. The molecule has 0 spiro atoms. The van der Waals surface area contributed by atoms with Crippen LogP contribution in [0.2, 0.25) is 0 Å². The number of alkyl halides is 3. The summed E-state index contributed by atoms with van der Waals surface area (Å²) in [4.78, 5) is 14.3. The Balaban J connectivity index is 1.80. The van der Waals surface area contributed by atoms with Crippen LogP contribution in [-0.4, -0.2) is 37.0 Å². The van der Waals surface area contributed by atoms with Crippen molar-refractivity contribution in [2.45, 2.75) is 19.6 Å². The number of nitrogens with zero attached hydrogens (tertiary/aromatic N) is 1. The van der Waals surface area contributed by atoms with Gasteiger partial charge in [0.1, 0.15) is 0 Å². The predicted molar refractivity (Wildman–Crippen MR) is 98.7 cm³/mol. The highest BCUT2D eigenvalue weighted by molar-refractivity contribution is 6.04. The molecule has 0 aromatic heterocycles. The Hall–Kier alpha value is -2.38. The van der Waals surface area contributed by atoms with Gasteiger partial charge in [-0.05, 0) is 36.8 Å². The van der Waals surface area contributed by atoms with Gasteiger partial charge in [-0.2, -0.15) is 13.2 Å². The van der Waals surface area contributed by atoms with Gasteiger partial charge in [-0.1, -0.05) is 23.8 Å². The first-order valence-electron chi connectivity index (χ1n) is 8.84. The van der Waals surface area contributed by atoms with Crippen molar-refractivity contribution >= 4 is 11.6 Å². The number of benzene rings is 2. The molecule has 144 valence electrons. The maximum atomic E-state index is 13.5. The monoisotopic (exact) mass is 377 g/mol. The summed E-state index contributed by atoms with van der Waals surface area (Å²) < 4.78 is 40.6. The second-order valence-electron chi connectivity index (χ2n) is 6.72. The number of hydrogen-bond donors (Lipinski definition) is 2. The molecule has 0 aliphatic carbocycles. The van der Waals surface area contributed by atoms with E-state index in [2.05, 4.69) is 10.6 Å². The molecule has 2 aromatic carbocycles. The van der Waals surface area contributed by atoms with Gasteiger partial charge in [-0.15, -0.1) is 0 Å². The third-order valence-corrected chi connectivity index (χ3v) is 4.59. The smallest absolute Gasteiger partial charge is 0.322 e. The van der Waals surface area contributed by atoms with Crippen molar-refractivity contribution in [3.63, 3.8) is 0 Å². The molecule has 1 saturated heterocycles. The number of amides is 1. The quantitative estimate of drug-likeness (QED) is 0.855. The molecular formula is C20H22F3N3O. The number of rotatable bonds is 4. The number of anilines is 1. The zero-order chi connectivity index (χ0) is 19.4. The lowest BCUT2D eigenvalue weighted by atomic mass is 10.0. The molecule has 0 radical (unpaired) electrons. The fraction of sp³-hybridized carbons (Fsp3) is 0.350. The Bertz CT molecular complexity index is 797. The lowest BCUT2D eigenvalue weighted by Crippen LogP contribution is -2.43. The van der Waals surface area contributed by atoms with E-state index in [0.717, 1.165) is 24.7 Å². The Labute approximate surface area is 156 Å². The zero-order valence-corrected chi connectivity index (χ0v) is 15.1. The first-order valence-corrected chi connectivity index (χ1v) is 8.84. The fourth-order valence-electron chi connectivity index (χ4n) is 3.07. The molecule has 0 saturated carbocycles. The van der Waals surface area contributed by atoms with Crippen LogP contribution in [-0.2, 0) is 12.7 Å². The van der Waals surface area contributed by atoms with E-state index in [1.165, 1.54) is 12.1 Å². The van der Waals surface area contributed by atoms with E-state index in [1.807, 2.05) is 11.8 Å². The van der Waals surface area contributed by atoms with Crippen molar-refractivity contribution in [2.75, 3.05) is 31.5 Å². The van der Waals surface area contributed by atoms with Crippen molar-refractivity contribution in [3.05, 3.63) is 64.7 Å². The van der Waals surface area contributed by atoms with Crippen molar-refractivity contribution in [1.29, 1.82) is 0 Å². The Morgan fingerprint density at radius 1 is 1.11 bits per heavy atom. The molecule has 27 heavy (non-hydrogen) atoms. The standard InChI is InChI=1S/C20H22F3N3O/c1-14-2-4-15(5-3-14)19(27)25-17-7-6-16(18(12-17)20(21,22)23)13-26-10-8-24-9-11-26/h2-7,12,24H,8-11,13H2,1H3,(H,25,27). The summed E-state index contributed by atoms with van der Waals surface area (Å²) in [5, 5.41) is 5.74. The summed E-state index contributed by atoms with van der Waals surface area (Å²) in [6.07, 6.45) is -4.48.